The molecule has 7 heteroatoms. The summed E-state index contributed by atoms with van der Waals surface area (Å²) in [4.78, 5) is 5.78. The maximum Gasteiger partial charge on any atom is 0.127 e. The van der Waals surface area contributed by atoms with Gasteiger partial charge in [0.25, 0.3) is 0 Å². The van der Waals surface area contributed by atoms with Gasteiger partial charge in [0.2, 0.25) is 0 Å². The van der Waals surface area contributed by atoms with Gasteiger partial charge in [-0.1, -0.05) is 24.6 Å². The summed E-state index contributed by atoms with van der Waals surface area (Å²) >= 11 is 3.26. The fraction of sp³-hybridized carbons (Fsp3) is 0.667. The Morgan fingerprint density at radius 2 is 2.32 bits per heavy atom. The second kappa shape index (κ2) is 8.86. The van der Waals surface area contributed by atoms with E-state index >= 15 is 0 Å². The Morgan fingerprint density at radius 3 is 2.95 bits per heavy atom. The third-order valence-corrected chi connectivity index (χ3v) is 5.62. The van der Waals surface area contributed by atoms with E-state index in [4.69, 9.17) is 5.73 Å². The second-order valence-electron chi connectivity index (χ2n) is 5.62. The fourth-order valence-corrected chi connectivity index (χ4v) is 4.33. The summed E-state index contributed by atoms with van der Waals surface area (Å²) in [5.41, 5.74) is 7.94. The van der Waals surface area contributed by atoms with Crippen LogP contribution in [0.2, 0.25) is 0 Å². The van der Waals surface area contributed by atoms with Crippen LogP contribution in [0.3, 0.4) is 0 Å². The molecule has 0 radical (unpaired) electrons. The van der Waals surface area contributed by atoms with Crippen LogP contribution in [0.4, 0.5) is 0 Å². The normalized spacial score (nSPS) is 30.0. The number of nitrogens with zero attached hydrogens (tertiary/aromatic N) is 1. The monoisotopic (exact) mass is 342 g/mol. The fourth-order valence-electron chi connectivity index (χ4n) is 2.86. The molecule has 0 saturated heterocycles. The van der Waals surface area contributed by atoms with E-state index in [2.05, 4.69) is 21.0 Å². The number of nitrogens with one attached hydrogen (secondary N) is 2. The molecule has 3 atom stereocenters. The molecule has 0 bridgehead atoms. The maximum absolute atomic E-state index is 9.45. The van der Waals surface area contributed by atoms with Gasteiger partial charge >= 0.3 is 0 Å². The topological polar surface area (TPSA) is 82.7 Å². The summed E-state index contributed by atoms with van der Waals surface area (Å²) in [6.07, 6.45) is 8.36. The highest BCUT2D eigenvalue weighted by molar-refractivity contribution is 8.04. The van der Waals surface area contributed by atoms with Crippen molar-refractivity contribution in [1.82, 2.24) is 10.6 Å². The lowest BCUT2D eigenvalue weighted by Gasteiger charge is -2.26. The first-order valence-electron chi connectivity index (χ1n) is 7.67. The first kappa shape index (κ1) is 17.7. The van der Waals surface area contributed by atoms with E-state index in [1.807, 2.05) is 13.2 Å². The van der Waals surface area contributed by atoms with E-state index in [1.165, 1.54) is 12.8 Å². The molecule has 22 heavy (non-hydrogen) atoms. The molecule has 0 spiro atoms. The maximum atomic E-state index is 9.45. The average Bonchev–Trinajstić information content (AvgIpc) is 2.85. The molecule has 0 aromatic heterocycles. The molecule has 2 aliphatic rings. The summed E-state index contributed by atoms with van der Waals surface area (Å²) in [6.45, 7) is 2.26. The van der Waals surface area contributed by atoms with Crippen LogP contribution in [-0.2, 0) is 0 Å². The van der Waals surface area contributed by atoms with Crippen LogP contribution in [0.1, 0.15) is 32.6 Å². The van der Waals surface area contributed by atoms with E-state index < -0.39 is 0 Å². The summed E-state index contributed by atoms with van der Waals surface area (Å²) in [5.74, 6) is 0.302. The lowest BCUT2D eigenvalue weighted by atomic mass is 9.85. The first-order valence-corrected chi connectivity index (χ1v) is 9.84. The molecule has 5 N–H and O–H groups in total. The van der Waals surface area contributed by atoms with Gasteiger partial charge in [-0.2, -0.15) is 0 Å². The summed E-state index contributed by atoms with van der Waals surface area (Å²) in [5, 5.41) is 18.0. The SMILES string of the molecule is CS/C=C(\NC=NC1CCCCC1CO)C1=C(C)NC(N)S1. The van der Waals surface area contributed by atoms with Crippen molar-refractivity contribution in [1.29, 1.82) is 0 Å². The molecule has 1 aliphatic heterocycles. The number of hydrogen-bond acceptors (Lipinski definition) is 6. The molecule has 1 saturated carbocycles. The molecular formula is C15H26N4OS2. The number of allylic oxidation sites excluding steroid dienone is 1. The van der Waals surface area contributed by atoms with Gasteiger partial charge in [-0.25, -0.2) is 0 Å². The zero-order valence-electron chi connectivity index (χ0n) is 13.2. The number of aliphatic hydroxyl groups excluding tert-OH is 1. The number of nitrogens with two attached hydrogens (primary N) is 1. The largest absolute Gasteiger partial charge is 0.396 e. The summed E-state index contributed by atoms with van der Waals surface area (Å²) < 4.78 is 0. The van der Waals surface area contributed by atoms with Crippen molar-refractivity contribution in [3.05, 3.63) is 21.7 Å². The van der Waals surface area contributed by atoms with Crippen LogP contribution in [0, 0.1) is 5.92 Å². The van der Waals surface area contributed by atoms with Crippen LogP contribution in [0.5, 0.6) is 0 Å². The molecule has 1 aliphatic carbocycles. The zero-order chi connectivity index (χ0) is 15.9. The van der Waals surface area contributed by atoms with E-state index in [9.17, 15) is 5.11 Å². The minimum absolute atomic E-state index is 0.0869. The van der Waals surface area contributed by atoms with Gasteiger partial charge in [0.15, 0.2) is 0 Å². The van der Waals surface area contributed by atoms with Crippen molar-refractivity contribution in [2.75, 3.05) is 12.9 Å². The standard InChI is InChI=1S/C15H26N4OS2/c1-10-14(22-15(16)19-10)13(8-21-2)18-9-17-12-6-4-3-5-11(12)7-20/h8-9,11-12,15,19-20H,3-7,16H2,1-2H3,(H,17,18)/b13-8-. The van der Waals surface area contributed by atoms with E-state index in [0.29, 0.717) is 5.92 Å². The molecule has 124 valence electrons. The minimum atomic E-state index is -0.0869. The van der Waals surface area contributed by atoms with E-state index in [1.54, 1.807) is 29.9 Å². The van der Waals surface area contributed by atoms with Crippen molar-refractivity contribution >= 4 is 29.9 Å². The predicted octanol–water partition coefficient (Wildman–Crippen LogP) is 2.17. The third-order valence-electron chi connectivity index (χ3n) is 4.01. The quantitative estimate of drug-likeness (QED) is 0.437. The van der Waals surface area contributed by atoms with Crippen LogP contribution in [0.25, 0.3) is 0 Å². The second-order valence-corrected chi connectivity index (χ2v) is 7.48. The average molecular weight is 343 g/mol. The van der Waals surface area contributed by atoms with Gasteiger partial charge in [0.05, 0.1) is 23.0 Å². The Labute approximate surface area is 141 Å². The summed E-state index contributed by atoms with van der Waals surface area (Å²) in [6, 6.07) is 0.230. The van der Waals surface area contributed by atoms with Crippen molar-refractivity contribution in [3.63, 3.8) is 0 Å². The Morgan fingerprint density at radius 1 is 1.55 bits per heavy atom. The molecule has 0 aromatic rings. The van der Waals surface area contributed by atoms with Gasteiger partial charge in [-0.05, 0) is 31.4 Å². The molecular weight excluding hydrogens is 316 g/mol. The first-order chi connectivity index (χ1) is 10.7. The predicted molar refractivity (Wildman–Crippen MR) is 97.5 cm³/mol. The van der Waals surface area contributed by atoms with Gasteiger partial charge < -0.3 is 21.5 Å². The molecule has 1 fully saturated rings. The Kier molecular flexibility index (Phi) is 7.14. The summed E-state index contributed by atoms with van der Waals surface area (Å²) in [7, 11) is 0. The minimum Gasteiger partial charge on any atom is -0.396 e. The lowest BCUT2D eigenvalue weighted by Crippen LogP contribution is -2.28. The van der Waals surface area contributed by atoms with Crippen molar-refractivity contribution in [3.8, 4) is 0 Å². The Bertz CT molecular complexity index is 464. The molecule has 3 unspecified atom stereocenters. The smallest absolute Gasteiger partial charge is 0.127 e. The number of rotatable bonds is 6. The highest BCUT2D eigenvalue weighted by Gasteiger charge is 2.24. The van der Waals surface area contributed by atoms with Crippen LogP contribution in [0.15, 0.2) is 26.7 Å². The molecule has 2 rings (SSSR count). The van der Waals surface area contributed by atoms with E-state index in [0.717, 1.165) is 29.1 Å². The van der Waals surface area contributed by atoms with Crippen LogP contribution >= 0.6 is 23.5 Å². The zero-order valence-corrected chi connectivity index (χ0v) is 14.8. The van der Waals surface area contributed by atoms with Crippen LogP contribution in [-0.4, -0.2) is 35.8 Å². The third kappa shape index (κ3) is 4.68. The van der Waals surface area contributed by atoms with Gasteiger partial charge in [0, 0.05) is 18.2 Å². The number of hydrogen-bond donors (Lipinski definition) is 4. The number of aliphatic imine (C=N–C) groups is 1. The number of thioether (sulfide) groups is 2. The van der Waals surface area contributed by atoms with Gasteiger partial charge in [0.1, 0.15) is 5.50 Å². The molecule has 0 amide bonds. The molecule has 0 aromatic carbocycles. The van der Waals surface area contributed by atoms with Crippen molar-refractivity contribution in [2.45, 2.75) is 44.1 Å². The Balaban J connectivity index is 1.99. The van der Waals surface area contributed by atoms with Crippen molar-refractivity contribution in [2.24, 2.45) is 16.6 Å². The lowest BCUT2D eigenvalue weighted by molar-refractivity contribution is 0.172. The molecule has 5 nitrogen and oxygen atoms in total. The van der Waals surface area contributed by atoms with Gasteiger partial charge in [-0.3, -0.25) is 4.99 Å². The van der Waals surface area contributed by atoms with Crippen molar-refractivity contribution < 1.29 is 5.11 Å². The van der Waals surface area contributed by atoms with E-state index in [-0.39, 0.29) is 18.1 Å². The Hall–Kier alpha value is -0.630. The number of aliphatic hydroxyl groups is 1. The van der Waals surface area contributed by atoms with Crippen LogP contribution < -0.4 is 16.4 Å². The van der Waals surface area contributed by atoms with Gasteiger partial charge in [-0.15, -0.1) is 11.8 Å². The molecule has 1 heterocycles. The highest BCUT2D eigenvalue weighted by atomic mass is 32.2. The highest BCUT2D eigenvalue weighted by Crippen LogP contribution is 2.33.